The van der Waals surface area contributed by atoms with E-state index in [4.69, 9.17) is 0 Å². The molecule has 1 saturated heterocycles. The van der Waals surface area contributed by atoms with Crippen LogP contribution in [0.3, 0.4) is 0 Å². The fourth-order valence-electron chi connectivity index (χ4n) is 2.99. The summed E-state index contributed by atoms with van der Waals surface area (Å²) in [6.07, 6.45) is 0.487. The van der Waals surface area contributed by atoms with Crippen molar-refractivity contribution in [3.05, 3.63) is 48.0 Å². The van der Waals surface area contributed by atoms with Gasteiger partial charge in [0, 0.05) is 25.2 Å². The third-order valence-electron chi connectivity index (χ3n) is 4.09. The lowest BCUT2D eigenvalue weighted by Gasteiger charge is -2.39. The molecule has 0 radical (unpaired) electrons. The van der Waals surface area contributed by atoms with E-state index in [0.29, 0.717) is 6.42 Å². The molecule has 21 heavy (non-hydrogen) atoms. The van der Waals surface area contributed by atoms with Gasteiger partial charge in [-0.2, -0.15) is 0 Å². The minimum Gasteiger partial charge on any atom is -0.339 e. The molecular formula is C18H22N2O. The molecule has 0 atom stereocenters. The molecule has 1 aliphatic heterocycles. The van der Waals surface area contributed by atoms with Crippen LogP contribution in [-0.2, 0) is 11.2 Å². The number of rotatable bonds is 2. The van der Waals surface area contributed by atoms with Crippen molar-refractivity contribution in [2.75, 3.05) is 19.6 Å². The fourth-order valence-corrected chi connectivity index (χ4v) is 2.99. The molecule has 1 amide bonds. The quantitative estimate of drug-likeness (QED) is 0.918. The van der Waals surface area contributed by atoms with E-state index in [1.165, 1.54) is 10.8 Å². The molecule has 0 spiro atoms. The second kappa shape index (κ2) is 5.49. The van der Waals surface area contributed by atoms with Gasteiger partial charge in [0.1, 0.15) is 0 Å². The van der Waals surface area contributed by atoms with Crippen molar-refractivity contribution in [1.82, 2.24) is 10.2 Å². The molecule has 0 unspecified atom stereocenters. The van der Waals surface area contributed by atoms with Crippen molar-refractivity contribution < 1.29 is 4.79 Å². The van der Waals surface area contributed by atoms with Crippen LogP contribution in [0, 0.1) is 0 Å². The molecule has 2 aromatic carbocycles. The smallest absolute Gasteiger partial charge is 0.227 e. The number of carbonyl (C=O) groups is 1. The van der Waals surface area contributed by atoms with Crippen molar-refractivity contribution in [2.45, 2.75) is 25.8 Å². The van der Waals surface area contributed by atoms with Crippen LogP contribution in [-0.4, -0.2) is 36.0 Å². The number of nitrogens with zero attached hydrogens (tertiary/aromatic N) is 1. The number of piperazine rings is 1. The van der Waals surface area contributed by atoms with E-state index in [2.05, 4.69) is 49.5 Å². The number of hydrogen-bond acceptors (Lipinski definition) is 2. The Balaban J connectivity index is 1.74. The number of benzene rings is 2. The summed E-state index contributed by atoms with van der Waals surface area (Å²) in [5.74, 6) is 0.222. The third kappa shape index (κ3) is 3.24. The van der Waals surface area contributed by atoms with Crippen molar-refractivity contribution in [2.24, 2.45) is 0 Å². The SMILES string of the molecule is CC1(C)CN(C(=O)Cc2ccc3ccccc3c2)CCN1. The number of hydrogen-bond donors (Lipinski definition) is 1. The summed E-state index contributed by atoms with van der Waals surface area (Å²) < 4.78 is 0. The van der Waals surface area contributed by atoms with Gasteiger partial charge in [0.15, 0.2) is 0 Å². The molecular weight excluding hydrogens is 260 g/mol. The summed E-state index contributed by atoms with van der Waals surface area (Å²) in [5, 5.41) is 5.85. The first-order valence-corrected chi connectivity index (χ1v) is 7.54. The van der Waals surface area contributed by atoms with Crippen LogP contribution in [0.5, 0.6) is 0 Å². The van der Waals surface area contributed by atoms with E-state index < -0.39 is 0 Å². The van der Waals surface area contributed by atoms with Gasteiger partial charge >= 0.3 is 0 Å². The van der Waals surface area contributed by atoms with Crippen LogP contribution < -0.4 is 5.32 Å². The predicted molar refractivity (Wildman–Crippen MR) is 86.3 cm³/mol. The average molecular weight is 282 g/mol. The van der Waals surface area contributed by atoms with E-state index in [1.54, 1.807) is 0 Å². The maximum atomic E-state index is 12.5. The molecule has 1 heterocycles. The van der Waals surface area contributed by atoms with Gasteiger partial charge in [-0.25, -0.2) is 0 Å². The molecule has 0 saturated carbocycles. The Morgan fingerprint density at radius 1 is 1.19 bits per heavy atom. The Labute approximate surface area is 125 Å². The van der Waals surface area contributed by atoms with Gasteiger partial charge in [0.25, 0.3) is 0 Å². The van der Waals surface area contributed by atoms with Gasteiger partial charge in [0.2, 0.25) is 5.91 Å². The summed E-state index contributed by atoms with van der Waals surface area (Å²) in [6.45, 7) is 6.73. The molecule has 0 aliphatic carbocycles. The Morgan fingerprint density at radius 2 is 1.95 bits per heavy atom. The van der Waals surface area contributed by atoms with E-state index in [1.807, 2.05) is 17.0 Å². The van der Waals surface area contributed by atoms with E-state index in [-0.39, 0.29) is 11.4 Å². The first-order chi connectivity index (χ1) is 10.0. The highest BCUT2D eigenvalue weighted by atomic mass is 16.2. The zero-order valence-electron chi connectivity index (χ0n) is 12.7. The average Bonchev–Trinajstić information content (AvgIpc) is 2.46. The van der Waals surface area contributed by atoms with Crippen molar-refractivity contribution in [3.63, 3.8) is 0 Å². The minimum absolute atomic E-state index is 0.0112. The first kappa shape index (κ1) is 14.1. The van der Waals surface area contributed by atoms with Crippen molar-refractivity contribution in [3.8, 4) is 0 Å². The van der Waals surface area contributed by atoms with Crippen LogP contribution in [0.2, 0.25) is 0 Å². The highest BCUT2D eigenvalue weighted by Crippen LogP contribution is 2.17. The molecule has 3 rings (SSSR count). The first-order valence-electron chi connectivity index (χ1n) is 7.54. The van der Waals surface area contributed by atoms with Gasteiger partial charge in [0.05, 0.1) is 6.42 Å². The minimum atomic E-state index is 0.0112. The van der Waals surface area contributed by atoms with Crippen LogP contribution >= 0.6 is 0 Å². The molecule has 3 nitrogen and oxygen atoms in total. The summed E-state index contributed by atoms with van der Waals surface area (Å²) in [5.41, 5.74) is 1.10. The highest BCUT2D eigenvalue weighted by molar-refractivity contribution is 5.85. The van der Waals surface area contributed by atoms with Crippen LogP contribution in [0.25, 0.3) is 10.8 Å². The van der Waals surface area contributed by atoms with Crippen molar-refractivity contribution >= 4 is 16.7 Å². The molecule has 110 valence electrons. The van der Waals surface area contributed by atoms with Gasteiger partial charge in [-0.15, -0.1) is 0 Å². The topological polar surface area (TPSA) is 32.3 Å². The normalized spacial score (nSPS) is 17.9. The van der Waals surface area contributed by atoms with Gasteiger partial charge < -0.3 is 10.2 Å². The van der Waals surface area contributed by atoms with E-state index in [0.717, 1.165) is 25.2 Å². The maximum absolute atomic E-state index is 12.5. The van der Waals surface area contributed by atoms with E-state index in [9.17, 15) is 4.79 Å². The lowest BCUT2D eigenvalue weighted by atomic mass is 10.0. The number of carbonyl (C=O) groups excluding carboxylic acids is 1. The summed E-state index contributed by atoms with van der Waals surface area (Å²) in [6, 6.07) is 14.5. The number of fused-ring (bicyclic) bond motifs is 1. The summed E-state index contributed by atoms with van der Waals surface area (Å²) >= 11 is 0. The van der Waals surface area contributed by atoms with Crippen LogP contribution in [0.1, 0.15) is 19.4 Å². The molecule has 0 bridgehead atoms. The zero-order valence-corrected chi connectivity index (χ0v) is 12.7. The molecule has 2 aromatic rings. The molecule has 0 aromatic heterocycles. The van der Waals surface area contributed by atoms with Crippen LogP contribution in [0.4, 0.5) is 0 Å². The number of amides is 1. The largest absolute Gasteiger partial charge is 0.339 e. The highest BCUT2D eigenvalue weighted by Gasteiger charge is 2.28. The van der Waals surface area contributed by atoms with E-state index >= 15 is 0 Å². The predicted octanol–water partition coefficient (Wildman–Crippen LogP) is 2.59. The Hall–Kier alpha value is -1.87. The van der Waals surface area contributed by atoms with Gasteiger partial charge in [-0.3, -0.25) is 4.79 Å². The van der Waals surface area contributed by atoms with Crippen molar-refractivity contribution in [1.29, 1.82) is 0 Å². The van der Waals surface area contributed by atoms with Crippen LogP contribution in [0.15, 0.2) is 42.5 Å². The maximum Gasteiger partial charge on any atom is 0.227 e. The lowest BCUT2D eigenvalue weighted by Crippen LogP contribution is -2.58. The molecule has 1 aliphatic rings. The summed E-state index contributed by atoms with van der Waals surface area (Å²) in [7, 11) is 0. The number of nitrogens with one attached hydrogen (secondary N) is 1. The fraction of sp³-hybridized carbons (Fsp3) is 0.389. The third-order valence-corrected chi connectivity index (χ3v) is 4.09. The second-order valence-corrected chi connectivity index (χ2v) is 6.48. The van der Waals surface area contributed by atoms with Gasteiger partial charge in [-0.05, 0) is 30.2 Å². The Morgan fingerprint density at radius 3 is 2.71 bits per heavy atom. The van der Waals surface area contributed by atoms with Gasteiger partial charge in [-0.1, -0.05) is 42.5 Å². The summed E-state index contributed by atoms with van der Waals surface area (Å²) in [4.78, 5) is 14.5. The second-order valence-electron chi connectivity index (χ2n) is 6.48. The zero-order chi connectivity index (χ0) is 14.9. The Kier molecular flexibility index (Phi) is 3.68. The molecule has 1 N–H and O–H groups in total. The molecule has 1 fully saturated rings. The Bertz CT molecular complexity index is 663. The standard InChI is InChI=1S/C18H22N2O/c1-18(2)13-20(10-9-19-18)17(21)12-14-7-8-15-5-3-4-6-16(15)11-14/h3-8,11,19H,9-10,12-13H2,1-2H3. The lowest BCUT2D eigenvalue weighted by molar-refractivity contribution is -0.132. The molecule has 3 heteroatoms. The monoisotopic (exact) mass is 282 g/mol.